The summed E-state index contributed by atoms with van der Waals surface area (Å²) in [5.74, 6) is 0.912. The highest BCUT2D eigenvalue weighted by Crippen LogP contribution is 2.26. The number of carbonyl (C=O) groups excluding carboxylic acids is 1. The number of aromatic nitrogens is 3. The predicted octanol–water partition coefficient (Wildman–Crippen LogP) is 5.52. The molecule has 0 spiro atoms. The van der Waals surface area contributed by atoms with Crippen LogP contribution in [0.1, 0.15) is 41.3 Å². The fraction of sp³-hybridized carbons (Fsp3) is 0.208. The quantitative estimate of drug-likeness (QED) is 0.434. The van der Waals surface area contributed by atoms with Crippen LogP contribution in [0.2, 0.25) is 5.02 Å². The fourth-order valence-corrected chi connectivity index (χ4v) is 3.60. The van der Waals surface area contributed by atoms with Crippen LogP contribution in [0.3, 0.4) is 0 Å². The molecule has 0 saturated carbocycles. The molecule has 0 unspecified atom stereocenters. The largest absolute Gasteiger partial charge is 0.497 e. The number of hydrogen-bond donors (Lipinski definition) is 1. The zero-order valence-electron chi connectivity index (χ0n) is 17.6. The van der Waals surface area contributed by atoms with Crippen molar-refractivity contribution in [3.8, 4) is 5.75 Å². The van der Waals surface area contributed by atoms with E-state index in [4.69, 9.17) is 16.3 Å². The number of ether oxygens (including phenoxy) is 1. The van der Waals surface area contributed by atoms with Crippen LogP contribution in [0.15, 0.2) is 61.1 Å². The molecule has 1 N–H and O–H groups in total. The maximum Gasteiger partial charge on any atom is 0.258 e. The smallest absolute Gasteiger partial charge is 0.258 e. The van der Waals surface area contributed by atoms with Crippen LogP contribution in [-0.4, -0.2) is 27.6 Å². The maximum absolute atomic E-state index is 12.8. The number of benzene rings is 2. The Hall–Kier alpha value is -3.38. The predicted molar refractivity (Wildman–Crippen MR) is 123 cm³/mol. The molecule has 0 radical (unpaired) electrons. The molecule has 0 saturated heterocycles. The second kappa shape index (κ2) is 8.78. The van der Waals surface area contributed by atoms with Crippen LogP contribution in [0.5, 0.6) is 5.75 Å². The van der Waals surface area contributed by atoms with Crippen molar-refractivity contribution < 1.29 is 9.53 Å². The zero-order chi connectivity index (χ0) is 22.0. The first kappa shape index (κ1) is 20.9. The third kappa shape index (κ3) is 4.39. The number of anilines is 1. The van der Waals surface area contributed by atoms with Crippen LogP contribution in [0.25, 0.3) is 11.2 Å². The molecule has 0 aliphatic heterocycles. The van der Waals surface area contributed by atoms with E-state index >= 15 is 0 Å². The van der Waals surface area contributed by atoms with Gasteiger partial charge >= 0.3 is 0 Å². The molecule has 4 aromatic rings. The van der Waals surface area contributed by atoms with Crippen molar-refractivity contribution in [1.82, 2.24) is 14.5 Å². The molecule has 0 aliphatic rings. The first-order valence-corrected chi connectivity index (χ1v) is 10.4. The van der Waals surface area contributed by atoms with E-state index in [2.05, 4.69) is 29.1 Å². The van der Waals surface area contributed by atoms with Gasteiger partial charge in [0.1, 0.15) is 11.3 Å². The van der Waals surface area contributed by atoms with Gasteiger partial charge in [-0.25, -0.2) is 9.97 Å². The van der Waals surface area contributed by atoms with E-state index in [0.717, 1.165) is 11.3 Å². The zero-order valence-corrected chi connectivity index (χ0v) is 18.3. The van der Waals surface area contributed by atoms with Gasteiger partial charge in [-0.15, -0.1) is 0 Å². The summed E-state index contributed by atoms with van der Waals surface area (Å²) in [5, 5.41) is 3.16. The van der Waals surface area contributed by atoms with Gasteiger partial charge in [-0.2, -0.15) is 0 Å². The van der Waals surface area contributed by atoms with Crippen LogP contribution in [0, 0.1) is 0 Å². The van der Waals surface area contributed by atoms with Crippen molar-refractivity contribution in [3.05, 3.63) is 82.8 Å². The van der Waals surface area contributed by atoms with Gasteiger partial charge in [0.05, 0.1) is 30.6 Å². The normalized spacial score (nSPS) is 11.1. The molecule has 158 valence electrons. The summed E-state index contributed by atoms with van der Waals surface area (Å²) in [6.07, 6.45) is 3.18. The van der Waals surface area contributed by atoms with Gasteiger partial charge in [-0.3, -0.25) is 4.79 Å². The summed E-state index contributed by atoms with van der Waals surface area (Å²) in [4.78, 5) is 21.6. The lowest BCUT2D eigenvalue weighted by atomic mass is 10.0. The standard InChI is InChI=1S/C24H23ClN4O2/c1-15(2)17-6-8-18(9-7-17)28-24(30)20-12-26-23-22(21(20)25)27-14-29(23)13-16-4-10-19(31-3)11-5-16/h4-12,14-15H,13H2,1-3H3,(H,28,30). The summed E-state index contributed by atoms with van der Waals surface area (Å²) in [7, 11) is 1.64. The molecular formula is C24H23ClN4O2. The number of carbonyl (C=O) groups is 1. The van der Waals surface area contributed by atoms with Crippen molar-refractivity contribution in [2.75, 3.05) is 12.4 Å². The van der Waals surface area contributed by atoms with Crippen molar-refractivity contribution >= 4 is 34.4 Å². The molecule has 7 heteroatoms. The minimum Gasteiger partial charge on any atom is -0.497 e. The van der Waals surface area contributed by atoms with E-state index < -0.39 is 0 Å². The Balaban J connectivity index is 1.55. The number of imidazole rings is 1. The Morgan fingerprint density at radius 3 is 2.45 bits per heavy atom. The Morgan fingerprint density at radius 1 is 1.10 bits per heavy atom. The summed E-state index contributed by atoms with van der Waals surface area (Å²) in [6.45, 7) is 4.83. The topological polar surface area (TPSA) is 69.0 Å². The van der Waals surface area contributed by atoms with Crippen molar-refractivity contribution in [1.29, 1.82) is 0 Å². The molecule has 0 atom stereocenters. The summed E-state index contributed by atoms with van der Waals surface area (Å²) in [6, 6.07) is 15.6. The first-order valence-electron chi connectivity index (χ1n) is 10.00. The molecule has 2 heterocycles. The summed E-state index contributed by atoms with van der Waals surface area (Å²) in [5.41, 5.74) is 4.40. The van der Waals surface area contributed by atoms with Gasteiger partial charge in [-0.1, -0.05) is 49.7 Å². The number of rotatable bonds is 6. The number of nitrogens with zero attached hydrogens (tertiary/aromatic N) is 3. The Labute approximate surface area is 185 Å². The van der Waals surface area contributed by atoms with Crippen molar-refractivity contribution in [2.45, 2.75) is 26.3 Å². The van der Waals surface area contributed by atoms with E-state index in [1.54, 1.807) is 13.4 Å². The Bertz CT molecular complexity index is 1220. The number of amides is 1. The monoisotopic (exact) mass is 434 g/mol. The van der Waals surface area contributed by atoms with E-state index in [1.807, 2.05) is 53.1 Å². The minimum absolute atomic E-state index is 0.287. The first-order chi connectivity index (χ1) is 15.0. The average molecular weight is 435 g/mol. The molecule has 0 bridgehead atoms. The van der Waals surface area contributed by atoms with E-state index in [-0.39, 0.29) is 16.5 Å². The van der Waals surface area contributed by atoms with E-state index in [0.29, 0.717) is 29.3 Å². The minimum atomic E-state index is -0.318. The third-order valence-corrected chi connectivity index (χ3v) is 5.54. The highest BCUT2D eigenvalue weighted by Gasteiger charge is 2.18. The Morgan fingerprint density at radius 2 is 1.81 bits per heavy atom. The van der Waals surface area contributed by atoms with Crippen molar-refractivity contribution in [2.24, 2.45) is 0 Å². The molecule has 0 aliphatic carbocycles. The number of fused-ring (bicyclic) bond motifs is 1. The second-order valence-corrected chi connectivity index (χ2v) is 7.99. The molecular weight excluding hydrogens is 412 g/mol. The average Bonchev–Trinajstić information content (AvgIpc) is 3.18. The second-order valence-electron chi connectivity index (χ2n) is 7.61. The van der Waals surface area contributed by atoms with Crippen LogP contribution in [-0.2, 0) is 6.54 Å². The molecule has 0 fully saturated rings. The lowest BCUT2D eigenvalue weighted by Gasteiger charge is -2.10. The summed E-state index contributed by atoms with van der Waals surface area (Å²) >= 11 is 6.53. The lowest BCUT2D eigenvalue weighted by Crippen LogP contribution is -2.13. The van der Waals surface area contributed by atoms with Gasteiger partial charge < -0.3 is 14.6 Å². The lowest BCUT2D eigenvalue weighted by molar-refractivity contribution is 0.102. The number of hydrogen-bond acceptors (Lipinski definition) is 4. The molecule has 4 rings (SSSR count). The van der Waals surface area contributed by atoms with E-state index in [1.165, 1.54) is 11.8 Å². The van der Waals surface area contributed by atoms with Gasteiger partial charge in [0, 0.05) is 11.9 Å². The van der Waals surface area contributed by atoms with Crippen LogP contribution < -0.4 is 10.1 Å². The number of methoxy groups -OCH3 is 1. The third-order valence-electron chi connectivity index (χ3n) is 5.16. The number of nitrogens with one attached hydrogen (secondary N) is 1. The van der Waals surface area contributed by atoms with Gasteiger partial charge in [0.2, 0.25) is 0 Å². The van der Waals surface area contributed by atoms with Gasteiger partial charge in [-0.05, 0) is 41.3 Å². The molecule has 2 aromatic carbocycles. The van der Waals surface area contributed by atoms with E-state index in [9.17, 15) is 4.79 Å². The molecule has 2 aromatic heterocycles. The Kier molecular flexibility index (Phi) is 5.91. The number of halogens is 1. The van der Waals surface area contributed by atoms with Gasteiger partial charge in [0.15, 0.2) is 5.65 Å². The van der Waals surface area contributed by atoms with Gasteiger partial charge in [0.25, 0.3) is 5.91 Å². The molecule has 6 nitrogen and oxygen atoms in total. The van der Waals surface area contributed by atoms with Crippen LogP contribution in [0.4, 0.5) is 5.69 Å². The summed E-state index contributed by atoms with van der Waals surface area (Å²) < 4.78 is 7.10. The maximum atomic E-state index is 12.8. The SMILES string of the molecule is COc1ccc(Cn2cnc3c(Cl)c(C(=O)Nc4ccc(C(C)C)cc4)cnc32)cc1. The molecule has 1 amide bonds. The van der Waals surface area contributed by atoms with Crippen LogP contribution >= 0.6 is 11.6 Å². The highest BCUT2D eigenvalue weighted by atomic mass is 35.5. The number of pyridine rings is 1. The highest BCUT2D eigenvalue weighted by molar-refractivity contribution is 6.38. The van der Waals surface area contributed by atoms with Crippen molar-refractivity contribution in [3.63, 3.8) is 0 Å². The fourth-order valence-electron chi connectivity index (χ4n) is 3.33. The molecule has 31 heavy (non-hydrogen) atoms.